The van der Waals surface area contributed by atoms with Crippen LogP contribution in [0.4, 0.5) is 0 Å². The highest BCUT2D eigenvalue weighted by Crippen LogP contribution is 2.35. The predicted molar refractivity (Wildman–Crippen MR) is 103 cm³/mol. The topological polar surface area (TPSA) is 90.4 Å². The Labute approximate surface area is 166 Å². The molecule has 1 atom stereocenters. The molecule has 2 aromatic heterocycles. The van der Waals surface area contributed by atoms with Gasteiger partial charge in [-0.3, -0.25) is 4.79 Å². The van der Waals surface area contributed by atoms with Gasteiger partial charge in [0.15, 0.2) is 6.04 Å². The van der Waals surface area contributed by atoms with Gasteiger partial charge in [-0.2, -0.15) is 9.61 Å². The number of nitrogens with one attached hydrogen (secondary N) is 1. The Balaban J connectivity index is 1.68. The van der Waals surface area contributed by atoms with Gasteiger partial charge in [-0.15, -0.1) is 0 Å². The fourth-order valence-electron chi connectivity index (χ4n) is 3.93. The molecule has 0 radical (unpaired) electrons. The zero-order chi connectivity index (χ0) is 19.7. The molecule has 1 aliphatic heterocycles. The molecule has 1 saturated heterocycles. The lowest BCUT2D eigenvalue weighted by molar-refractivity contribution is -0.930. The van der Waals surface area contributed by atoms with Gasteiger partial charge in [0.05, 0.1) is 33.2 Å². The molecule has 4 rings (SSSR count). The molecule has 9 heteroatoms. The Morgan fingerprint density at radius 2 is 2.00 bits per heavy atom. The van der Waals surface area contributed by atoms with E-state index in [-0.39, 0.29) is 23.8 Å². The quantitative estimate of drug-likeness (QED) is 0.619. The maximum atomic E-state index is 11.9. The van der Waals surface area contributed by atoms with Crippen LogP contribution in [0.5, 0.6) is 11.6 Å². The second-order valence-electron chi connectivity index (χ2n) is 6.91. The number of fused-ring (bicyclic) bond motifs is 1. The molecule has 0 saturated carbocycles. The molecule has 3 aromatic rings. The molecule has 1 aromatic carbocycles. The first-order valence-corrected chi connectivity index (χ1v) is 10.0. The normalized spacial score (nSPS) is 20.8. The van der Waals surface area contributed by atoms with Crippen LogP contribution in [0.25, 0.3) is 4.96 Å². The number of hydrogen-bond donors (Lipinski definition) is 2. The smallest absolute Gasteiger partial charge is 0.309 e. The minimum atomic E-state index is -0.137. The third-order valence-corrected chi connectivity index (χ3v) is 6.52. The van der Waals surface area contributed by atoms with Crippen LogP contribution in [0.2, 0.25) is 0 Å². The lowest BCUT2D eigenvalue weighted by atomic mass is 9.93. The summed E-state index contributed by atoms with van der Waals surface area (Å²) in [4.78, 5) is 18.9. The van der Waals surface area contributed by atoms with E-state index in [1.54, 1.807) is 7.11 Å². The Kier molecular flexibility index (Phi) is 5.19. The summed E-state index contributed by atoms with van der Waals surface area (Å²) in [6.07, 6.45) is 2.96. The molecule has 0 aliphatic carbocycles. The average Bonchev–Trinajstić information content (AvgIpc) is 3.32. The standard InChI is InChI=1S/C19H22N4O4S/c1-26-14-5-3-12(4-6-14)15(16-17(24)23-19(28-16)20-11-21-23)22-9-7-13(8-10-22)18(25)27-2/h3-6,11,13,15,24H,7-10H2,1-2H3/p+1/t15-/m1/s1. The number of methoxy groups -OCH3 is 2. The maximum absolute atomic E-state index is 11.9. The number of aromatic hydroxyl groups is 1. The van der Waals surface area contributed by atoms with Crippen molar-refractivity contribution in [2.75, 3.05) is 27.3 Å². The van der Waals surface area contributed by atoms with Gasteiger partial charge in [-0.1, -0.05) is 11.3 Å². The van der Waals surface area contributed by atoms with Crippen LogP contribution >= 0.6 is 11.3 Å². The number of piperidine rings is 1. The van der Waals surface area contributed by atoms with E-state index in [4.69, 9.17) is 9.47 Å². The molecule has 28 heavy (non-hydrogen) atoms. The monoisotopic (exact) mass is 403 g/mol. The first kappa shape index (κ1) is 18.7. The van der Waals surface area contributed by atoms with E-state index in [0.29, 0.717) is 4.96 Å². The lowest BCUT2D eigenvalue weighted by Crippen LogP contribution is -3.13. The molecule has 8 nitrogen and oxygen atoms in total. The minimum absolute atomic E-state index is 0.0545. The van der Waals surface area contributed by atoms with Gasteiger partial charge in [-0.25, -0.2) is 4.98 Å². The molecule has 0 spiro atoms. The number of rotatable bonds is 5. The summed E-state index contributed by atoms with van der Waals surface area (Å²) in [6.45, 7) is 1.62. The van der Waals surface area contributed by atoms with Gasteiger partial charge in [-0.05, 0) is 24.3 Å². The van der Waals surface area contributed by atoms with E-state index in [2.05, 4.69) is 10.1 Å². The van der Waals surface area contributed by atoms with E-state index in [0.717, 1.165) is 42.1 Å². The van der Waals surface area contributed by atoms with Crippen molar-refractivity contribution < 1.29 is 24.3 Å². The molecular formula is C19H23N4O4S+. The number of likely N-dealkylation sites (tertiary alicyclic amines) is 1. The number of hydrogen-bond acceptors (Lipinski definition) is 7. The first-order chi connectivity index (χ1) is 13.6. The Bertz CT molecular complexity index is 960. The van der Waals surface area contributed by atoms with Crippen molar-refractivity contribution in [2.45, 2.75) is 18.9 Å². The summed E-state index contributed by atoms with van der Waals surface area (Å²) < 4.78 is 11.7. The van der Waals surface area contributed by atoms with E-state index in [9.17, 15) is 9.90 Å². The van der Waals surface area contributed by atoms with Crippen LogP contribution in [0.3, 0.4) is 0 Å². The number of ether oxygens (including phenoxy) is 2. The summed E-state index contributed by atoms with van der Waals surface area (Å²) in [5, 5.41) is 14.9. The fraction of sp³-hybridized carbons (Fsp3) is 0.421. The van der Waals surface area contributed by atoms with Crippen LogP contribution < -0.4 is 9.64 Å². The first-order valence-electron chi connectivity index (χ1n) is 9.20. The van der Waals surface area contributed by atoms with Crippen molar-refractivity contribution in [1.29, 1.82) is 0 Å². The second-order valence-corrected chi connectivity index (χ2v) is 7.92. The van der Waals surface area contributed by atoms with Crippen molar-refractivity contribution in [3.8, 4) is 11.6 Å². The van der Waals surface area contributed by atoms with E-state index in [1.165, 1.54) is 34.2 Å². The lowest BCUT2D eigenvalue weighted by Gasteiger charge is -2.33. The summed E-state index contributed by atoms with van der Waals surface area (Å²) in [7, 11) is 3.08. The SMILES string of the molecule is COC(=O)C1CC[NH+]([C@H](c2ccc(OC)cc2)c2sc3ncnn3c2O)CC1. The van der Waals surface area contributed by atoms with Crippen molar-refractivity contribution in [3.05, 3.63) is 41.0 Å². The molecule has 3 heterocycles. The molecule has 1 aliphatic rings. The highest BCUT2D eigenvalue weighted by Gasteiger charge is 2.37. The molecular weight excluding hydrogens is 380 g/mol. The number of quaternary nitrogens is 1. The average molecular weight is 403 g/mol. The van der Waals surface area contributed by atoms with E-state index >= 15 is 0 Å². The Morgan fingerprint density at radius 1 is 1.29 bits per heavy atom. The number of carbonyl (C=O) groups excluding carboxylic acids is 1. The van der Waals surface area contributed by atoms with Gasteiger partial charge in [0, 0.05) is 18.4 Å². The summed E-state index contributed by atoms with van der Waals surface area (Å²) in [6, 6.07) is 7.84. The maximum Gasteiger partial charge on any atom is 0.309 e. The molecule has 1 fully saturated rings. The number of thiazole rings is 1. The highest BCUT2D eigenvalue weighted by molar-refractivity contribution is 7.17. The van der Waals surface area contributed by atoms with Gasteiger partial charge in [0.2, 0.25) is 10.8 Å². The molecule has 148 valence electrons. The van der Waals surface area contributed by atoms with Crippen LogP contribution in [0.1, 0.15) is 29.3 Å². The molecule has 2 N–H and O–H groups in total. The molecule has 0 amide bonds. The third kappa shape index (κ3) is 3.31. The van der Waals surface area contributed by atoms with Crippen LogP contribution in [-0.4, -0.2) is 53.0 Å². The number of nitrogens with zero attached hydrogens (tertiary/aromatic N) is 3. The number of esters is 1. The zero-order valence-corrected chi connectivity index (χ0v) is 16.6. The predicted octanol–water partition coefficient (Wildman–Crippen LogP) is 1.06. The zero-order valence-electron chi connectivity index (χ0n) is 15.8. The van der Waals surface area contributed by atoms with Crippen LogP contribution in [0, 0.1) is 5.92 Å². The summed E-state index contributed by atoms with van der Waals surface area (Å²) >= 11 is 1.44. The minimum Gasteiger partial charge on any atom is -0.497 e. The second kappa shape index (κ2) is 7.76. The number of aromatic nitrogens is 3. The Morgan fingerprint density at radius 3 is 2.61 bits per heavy atom. The van der Waals surface area contributed by atoms with Crippen molar-refractivity contribution in [1.82, 2.24) is 14.6 Å². The van der Waals surface area contributed by atoms with E-state index in [1.807, 2.05) is 24.3 Å². The van der Waals surface area contributed by atoms with Gasteiger partial charge in [0.1, 0.15) is 17.0 Å². The number of carbonyl (C=O) groups is 1. The van der Waals surface area contributed by atoms with Gasteiger partial charge in [0.25, 0.3) is 0 Å². The summed E-state index contributed by atoms with van der Waals surface area (Å²) in [5.41, 5.74) is 1.08. The van der Waals surface area contributed by atoms with Gasteiger partial charge < -0.3 is 19.5 Å². The molecule has 0 bridgehead atoms. The largest absolute Gasteiger partial charge is 0.497 e. The van der Waals surface area contributed by atoms with Gasteiger partial charge >= 0.3 is 5.97 Å². The highest BCUT2D eigenvalue weighted by atomic mass is 32.1. The van der Waals surface area contributed by atoms with Crippen molar-refractivity contribution in [2.24, 2.45) is 5.92 Å². The van der Waals surface area contributed by atoms with Crippen molar-refractivity contribution in [3.63, 3.8) is 0 Å². The fourth-order valence-corrected chi connectivity index (χ4v) is 5.05. The van der Waals surface area contributed by atoms with Crippen molar-refractivity contribution >= 4 is 22.3 Å². The molecule has 0 unspecified atom stereocenters. The van der Waals surface area contributed by atoms with Crippen LogP contribution in [0.15, 0.2) is 30.6 Å². The van der Waals surface area contributed by atoms with E-state index < -0.39 is 0 Å². The number of benzene rings is 1. The summed E-state index contributed by atoms with van der Waals surface area (Å²) in [5.74, 6) is 0.720. The Hall–Kier alpha value is -2.65. The van der Waals surface area contributed by atoms with Crippen LogP contribution in [-0.2, 0) is 9.53 Å². The third-order valence-electron chi connectivity index (χ3n) is 5.42.